The van der Waals surface area contributed by atoms with Crippen LogP contribution in [0.2, 0.25) is 5.02 Å². The number of carbonyl (C=O) groups excluding carboxylic acids is 2. The van der Waals surface area contributed by atoms with Gasteiger partial charge in [-0.05, 0) is 55.0 Å². The minimum Gasteiger partial charge on any atom is -0.436 e. The van der Waals surface area contributed by atoms with Gasteiger partial charge in [-0.2, -0.15) is 0 Å². The molecular weight excluding hydrogens is 452 g/mol. The van der Waals surface area contributed by atoms with E-state index in [1.54, 1.807) is 72.8 Å². The summed E-state index contributed by atoms with van der Waals surface area (Å²) in [5, 5.41) is 5.71. The average Bonchev–Trinajstić information content (AvgIpc) is 2.75. The van der Waals surface area contributed by atoms with E-state index in [-0.39, 0.29) is 4.90 Å². The van der Waals surface area contributed by atoms with E-state index >= 15 is 0 Å². The zero-order valence-electron chi connectivity index (χ0n) is 17.3. The van der Waals surface area contributed by atoms with Crippen molar-refractivity contribution in [1.82, 2.24) is 0 Å². The van der Waals surface area contributed by atoms with Gasteiger partial charge in [0.1, 0.15) is 0 Å². The fraction of sp³-hybridized carbons (Fsp3) is 0.130. The molecule has 9 heteroatoms. The predicted octanol–water partition coefficient (Wildman–Crippen LogP) is 4.99. The molecule has 3 rings (SSSR count). The summed E-state index contributed by atoms with van der Waals surface area (Å²) >= 11 is 5.80. The Morgan fingerprint density at radius 2 is 1.44 bits per heavy atom. The Bertz CT molecular complexity index is 1230. The minimum atomic E-state index is -3.39. The number of hydrogen-bond acceptors (Lipinski definition) is 5. The molecule has 3 aromatic carbocycles. The van der Waals surface area contributed by atoms with Crippen molar-refractivity contribution < 1.29 is 22.7 Å². The normalized spacial score (nSPS) is 12.0. The van der Waals surface area contributed by atoms with Gasteiger partial charge < -0.3 is 10.1 Å². The molecule has 0 saturated heterocycles. The molecule has 0 aliphatic heterocycles. The van der Waals surface area contributed by atoms with Gasteiger partial charge in [0.05, 0.1) is 4.90 Å². The number of nitrogens with one attached hydrogen (secondary N) is 2. The topological polar surface area (TPSA) is 102 Å². The summed E-state index contributed by atoms with van der Waals surface area (Å²) in [6, 6.07) is 19.9. The maximum absolute atomic E-state index is 12.4. The Hall–Kier alpha value is -3.36. The van der Waals surface area contributed by atoms with Crippen molar-refractivity contribution in [2.75, 3.05) is 16.9 Å². The van der Waals surface area contributed by atoms with E-state index in [0.717, 1.165) is 6.26 Å². The Morgan fingerprint density at radius 3 is 2.06 bits per heavy atom. The highest BCUT2D eigenvalue weighted by Crippen LogP contribution is 2.28. The summed E-state index contributed by atoms with van der Waals surface area (Å²) < 4.78 is 29.1. The van der Waals surface area contributed by atoms with E-state index in [0.29, 0.717) is 27.5 Å². The van der Waals surface area contributed by atoms with Gasteiger partial charge in [0.15, 0.2) is 15.9 Å². The molecule has 3 aromatic rings. The molecule has 32 heavy (non-hydrogen) atoms. The second-order valence-corrected chi connectivity index (χ2v) is 9.43. The summed E-state index contributed by atoms with van der Waals surface area (Å²) in [5.74, 6) is -0.513. The summed E-state index contributed by atoms with van der Waals surface area (Å²) in [6.45, 7) is 1.45. The number of ether oxygens (including phenoxy) is 1. The van der Waals surface area contributed by atoms with E-state index in [1.165, 1.54) is 6.92 Å². The van der Waals surface area contributed by atoms with Crippen LogP contribution >= 0.6 is 11.6 Å². The van der Waals surface area contributed by atoms with Crippen LogP contribution in [0.4, 0.5) is 16.2 Å². The lowest BCUT2D eigenvalue weighted by Gasteiger charge is -2.14. The third kappa shape index (κ3) is 6.09. The smallest absolute Gasteiger partial charge is 0.412 e. The molecule has 0 aliphatic carbocycles. The number of amides is 2. The van der Waals surface area contributed by atoms with Crippen molar-refractivity contribution in [1.29, 1.82) is 0 Å². The Morgan fingerprint density at radius 1 is 0.875 bits per heavy atom. The standard InChI is InChI=1S/C23H21ClN2O5S/c1-15(31-23(28)26-19-13-9-17(24)10-14-19)22(27)25-18-11-7-16(8-12-18)20-5-3-4-6-21(20)32(2,29)30/h3-15H,1-2H3,(H,25,27)(H,26,28). The number of rotatable bonds is 6. The van der Waals surface area contributed by atoms with Gasteiger partial charge in [-0.25, -0.2) is 13.2 Å². The molecule has 0 heterocycles. The molecule has 0 radical (unpaired) electrons. The Balaban J connectivity index is 1.62. The zero-order chi connectivity index (χ0) is 23.3. The lowest BCUT2D eigenvalue weighted by molar-refractivity contribution is -0.123. The first kappa shape index (κ1) is 23.3. The van der Waals surface area contributed by atoms with Gasteiger partial charge in [-0.15, -0.1) is 0 Å². The highest BCUT2D eigenvalue weighted by molar-refractivity contribution is 7.90. The molecule has 1 atom stereocenters. The number of benzene rings is 3. The van der Waals surface area contributed by atoms with Gasteiger partial charge in [-0.3, -0.25) is 10.1 Å². The van der Waals surface area contributed by atoms with Crippen LogP contribution in [0.15, 0.2) is 77.7 Å². The van der Waals surface area contributed by atoms with E-state index < -0.39 is 27.9 Å². The lowest BCUT2D eigenvalue weighted by Crippen LogP contribution is -2.31. The first-order chi connectivity index (χ1) is 15.1. The van der Waals surface area contributed by atoms with Gasteiger partial charge in [0.25, 0.3) is 5.91 Å². The predicted molar refractivity (Wildman–Crippen MR) is 125 cm³/mol. The van der Waals surface area contributed by atoms with Crippen LogP contribution in [0.3, 0.4) is 0 Å². The van der Waals surface area contributed by atoms with Crippen LogP contribution in [0, 0.1) is 0 Å². The maximum atomic E-state index is 12.4. The number of hydrogen-bond donors (Lipinski definition) is 2. The summed E-state index contributed by atoms with van der Waals surface area (Å²) in [7, 11) is -3.39. The molecule has 1 unspecified atom stereocenters. The van der Waals surface area contributed by atoms with Crippen molar-refractivity contribution in [2.24, 2.45) is 0 Å². The van der Waals surface area contributed by atoms with E-state index in [9.17, 15) is 18.0 Å². The number of carbonyl (C=O) groups is 2. The van der Waals surface area contributed by atoms with Gasteiger partial charge in [0, 0.05) is 28.2 Å². The van der Waals surface area contributed by atoms with Gasteiger partial charge in [-0.1, -0.05) is 41.9 Å². The highest BCUT2D eigenvalue weighted by Gasteiger charge is 2.19. The molecule has 0 saturated carbocycles. The highest BCUT2D eigenvalue weighted by atomic mass is 35.5. The first-order valence-corrected chi connectivity index (χ1v) is 11.8. The maximum Gasteiger partial charge on any atom is 0.412 e. The van der Waals surface area contributed by atoms with Crippen molar-refractivity contribution in [2.45, 2.75) is 17.9 Å². The number of anilines is 2. The first-order valence-electron chi connectivity index (χ1n) is 9.57. The van der Waals surface area contributed by atoms with Crippen molar-refractivity contribution in [3.05, 3.63) is 77.8 Å². The molecule has 0 fully saturated rings. The molecule has 0 aromatic heterocycles. The van der Waals surface area contributed by atoms with Gasteiger partial charge in [0.2, 0.25) is 0 Å². The van der Waals surface area contributed by atoms with E-state index in [1.807, 2.05) is 0 Å². The molecule has 2 N–H and O–H groups in total. The molecule has 7 nitrogen and oxygen atoms in total. The second-order valence-electron chi connectivity index (χ2n) is 7.01. The molecule has 0 bridgehead atoms. The third-order valence-corrected chi connectivity index (χ3v) is 5.90. The monoisotopic (exact) mass is 472 g/mol. The van der Waals surface area contributed by atoms with Crippen LogP contribution in [-0.2, 0) is 19.4 Å². The summed E-state index contributed by atoms with van der Waals surface area (Å²) in [6.07, 6.45) is -0.666. The quantitative estimate of drug-likeness (QED) is 0.526. The molecular formula is C23H21ClN2O5S. The van der Waals surface area contributed by atoms with Crippen LogP contribution < -0.4 is 10.6 Å². The van der Waals surface area contributed by atoms with Crippen molar-refractivity contribution in [3.8, 4) is 11.1 Å². The van der Waals surface area contributed by atoms with Crippen LogP contribution in [0.5, 0.6) is 0 Å². The van der Waals surface area contributed by atoms with E-state index in [2.05, 4.69) is 10.6 Å². The van der Waals surface area contributed by atoms with Crippen molar-refractivity contribution in [3.63, 3.8) is 0 Å². The molecule has 0 aliphatic rings. The number of sulfone groups is 1. The van der Waals surface area contributed by atoms with Crippen LogP contribution in [0.1, 0.15) is 6.92 Å². The fourth-order valence-electron chi connectivity index (χ4n) is 2.90. The molecule has 166 valence electrons. The molecule has 2 amide bonds. The second kappa shape index (κ2) is 9.84. The Kier molecular flexibility index (Phi) is 7.17. The minimum absolute atomic E-state index is 0.227. The van der Waals surface area contributed by atoms with Crippen molar-refractivity contribution >= 4 is 44.8 Å². The third-order valence-electron chi connectivity index (χ3n) is 4.49. The number of halogens is 1. The largest absolute Gasteiger partial charge is 0.436 e. The lowest BCUT2D eigenvalue weighted by atomic mass is 10.1. The zero-order valence-corrected chi connectivity index (χ0v) is 18.9. The van der Waals surface area contributed by atoms with Crippen LogP contribution in [0.25, 0.3) is 11.1 Å². The summed E-state index contributed by atoms with van der Waals surface area (Å²) in [4.78, 5) is 24.6. The SMILES string of the molecule is CC(OC(=O)Nc1ccc(Cl)cc1)C(=O)Nc1ccc(-c2ccccc2S(C)(=O)=O)cc1. The Labute approximate surface area is 191 Å². The van der Waals surface area contributed by atoms with E-state index in [4.69, 9.17) is 16.3 Å². The van der Waals surface area contributed by atoms with Crippen LogP contribution in [-0.4, -0.2) is 32.8 Å². The average molecular weight is 473 g/mol. The van der Waals surface area contributed by atoms with Gasteiger partial charge >= 0.3 is 6.09 Å². The summed E-state index contributed by atoms with van der Waals surface area (Å²) in [5.41, 5.74) is 2.22. The molecule has 0 spiro atoms. The fourth-order valence-corrected chi connectivity index (χ4v) is 3.94.